The van der Waals surface area contributed by atoms with Gasteiger partial charge in [-0.1, -0.05) is 60.7 Å². The number of para-hydroxylation sites is 3. The first-order valence-electron chi connectivity index (χ1n) is 11.9. The predicted octanol–water partition coefficient (Wildman–Crippen LogP) is 5.89. The molecule has 5 rings (SSSR count). The van der Waals surface area contributed by atoms with Crippen LogP contribution >= 0.6 is 0 Å². The number of carbonyl (C=O) groups is 1. The van der Waals surface area contributed by atoms with Crippen molar-refractivity contribution >= 4 is 16.9 Å². The third-order valence-corrected chi connectivity index (χ3v) is 6.28. The number of rotatable bonds is 8. The molecule has 5 heteroatoms. The van der Waals surface area contributed by atoms with Crippen molar-refractivity contribution in [2.24, 2.45) is 0 Å². The van der Waals surface area contributed by atoms with Crippen molar-refractivity contribution in [1.82, 2.24) is 19.4 Å². The molecule has 0 atom stereocenters. The zero-order valence-electron chi connectivity index (χ0n) is 19.8. The third-order valence-electron chi connectivity index (χ3n) is 6.28. The number of fused-ring (bicyclic) bond motifs is 1. The molecule has 3 aromatic carbocycles. The highest BCUT2D eigenvalue weighted by molar-refractivity contribution is 5.79. The van der Waals surface area contributed by atoms with Gasteiger partial charge in [-0.15, -0.1) is 0 Å². The average molecular weight is 461 g/mol. The molecule has 174 valence electrons. The number of pyridine rings is 1. The van der Waals surface area contributed by atoms with E-state index in [1.807, 2.05) is 71.8 Å². The Labute approximate surface area is 205 Å². The van der Waals surface area contributed by atoms with Crippen LogP contribution in [0.1, 0.15) is 28.9 Å². The van der Waals surface area contributed by atoms with E-state index in [9.17, 15) is 4.79 Å². The number of carbonyl (C=O) groups excluding carboxylic acids is 1. The van der Waals surface area contributed by atoms with E-state index in [4.69, 9.17) is 4.98 Å². The molecular formula is C30H28N4O. The van der Waals surface area contributed by atoms with Gasteiger partial charge in [0.2, 0.25) is 5.91 Å². The van der Waals surface area contributed by atoms with E-state index in [2.05, 4.69) is 46.8 Å². The van der Waals surface area contributed by atoms with Crippen molar-refractivity contribution in [3.05, 3.63) is 126 Å². The number of nitrogens with zero attached hydrogens (tertiary/aromatic N) is 4. The van der Waals surface area contributed by atoms with Gasteiger partial charge in [0, 0.05) is 44.0 Å². The molecule has 0 radical (unpaired) electrons. The number of aromatic nitrogens is 3. The number of amides is 1. The summed E-state index contributed by atoms with van der Waals surface area (Å²) in [6.07, 6.45) is 4.51. The van der Waals surface area contributed by atoms with Crippen LogP contribution in [0.2, 0.25) is 0 Å². The van der Waals surface area contributed by atoms with Crippen molar-refractivity contribution in [3.63, 3.8) is 0 Å². The summed E-state index contributed by atoms with van der Waals surface area (Å²) in [5, 5.41) is 0. The molecule has 5 aromatic rings. The van der Waals surface area contributed by atoms with Gasteiger partial charge in [-0.3, -0.25) is 14.3 Å². The first-order chi connectivity index (χ1) is 17.2. The Hall–Kier alpha value is -4.25. The monoisotopic (exact) mass is 460 g/mol. The van der Waals surface area contributed by atoms with E-state index in [1.54, 1.807) is 6.20 Å². The minimum Gasteiger partial charge on any atom is -0.334 e. The number of aryl methyl sites for hydroxylation is 2. The molecule has 0 N–H and O–H groups in total. The molecule has 0 spiro atoms. The van der Waals surface area contributed by atoms with E-state index < -0.39 is 0 Å². The van der Waals surface area contributed by atoms with Crippen molar-refractivity contribution in [2.75, 3.05) is 0 Å². The van der Waals surface area contributed by atoms with Gasteiger partial charge in [0.15, 0.2) is 0 Å². The average Bonchev–Trinajstić information content (AvgIpc) is 3.27. The first-order valence-corrected chi connectivity index (χ1v) is 11.9. The molecule has 0 bridgehead atoms. The number of imidazole rings is 1. The maximum Gasteiger partial charge on any atom is 0.223 e. The van der Waals surface area contributed by atoms with E-state index in [-0.39, 0.29) is 5.91 Å². The van der Waals surface area contributed by atoms with Gasteiger partial charge in [0.05, 0.1) is 11.0 Å². The maximum atomic E-state index is 13.6. The van der Waals surface area contributed by atoms with E-state index in [0.717, 1.165) is 33.7 Å². The van der Waals surface area contributed by atoms with Gasteiger partial charge in [-0.25, -0.2) is 4.98 Å². The van der Waals surface area contributed by atoms with Crippen LogP contribution < -0.4 is 0 Å². The zero-order valence-corrected chi connectivity index (χ0v) is 19.8. The topological polar surface area (TPSA) is 51.0 Å². The Morgan fingerprint density at radius 1 is 0.857 bits per heavy atom. The van der Waals surface area contributed by atoms with Crippen LogP contribution in [0.4, 0.5) is 0 Å². The molecule has 2 aromatic heterocycles. The molecule has 5 nitrogen and oxygen atoms in total. The zero-order chi connectivity index (χ0) is 24.0. The van der Waals surface area contributed by atoms with Gasteiger partial charge < -0.3 is 4.90 Å². The quantitative estimate of drug-likeness (QED) is 0.290. The van der Waals surface area contributed by atoms with Crippen LogP contribution in [-0.2, 0) is 24.3 Å². The molecule has 0 aliphatic rings. The lowest BCUT2D eigenvalue weighted by Crippen LogP contribution is -2.30. The fourth-order valence-electron chi connectivity index (χ4n) is 4.42. The van der Waals surface area contributed by atoms with E-state index in [0.29, 0.717) is 25.9 Å². The summed E-state index contributed by atoms with van der Waals surface area (Å²) in [4.78, 5) is 24.6. The van der Waals surface area contributed by atoms with Crippen LogP contribution in [0.5, 0.6) is 0 Å². The van der Waals surface area contributed by atoms with Crippen molar-refractivity contribution < 1.29 is 4.79 Å². The van der Waals surface area contributed by atoms with Crippen LogP contribution in [0, 0.1) is 6.92 Å². The van der Waals surface area contributed by atoms with E-state index in [1.165, 1.54) is 5.56 Å². The lowest BCUT2D eigenvalue weighted by atomic mass is 10.1. The number of hydrogen-bond donors (Lipinski definition) is 0. The normalized spacial score (nSPS) is 11.0. The molecule has 35 heavy (non-hydrogen) atoms. The van der Waals surface area contributed by atoms with E-state index >= 15 is 0 Å². The van der Waals surface area contributed by atoms with Gasteiger partial charge in [0.1, 0.15) is 5.82 Å². The largest absolute Gasteiger partial charge is 0.334 e. The molecule has 0 aliphatic carbocycles. The van der Waals surface area contributed by atoms with Gasteiger partial charge in [-0.2, -0.15) is 0 Å². The summed E-state index contributed by atoms with van der Waals surface area (Å²) in [7, 11) is 0. The van der Waals surface area contributed by atoms with Crippen LogP contribution in [0.3, 0.4) is 0 Å². The minimum atomic E-state index is 0.101. The Morgan fingerprint density at radius 3 is 2.43 bits per heavy atom. The summed E-state index contributed by atoms with van der Waals surface area (Å²) < 4.78 is 2.16. The number of benzene rings is 3. The second kappa shape index (κ2) is 10.3. The maximum absolute atomic E-state index is 13.6. The molecule has 1 amide bonds. The Balaban J connectivity index is 1.41. The molecular weight excluding hydrogens is 432 g/mol. The molecule has 0 saturated carbocycles. The third kappa shape index (κ3) is 5.14. The molecule has 2 heterocycles. The fourth-order valence-corrected chi connectivity index (χ4v) is 4.42. The van der Waals surface area contributed by atoms with Crippen molar-refractivity contribution in [3.8, 4) is 5.69 Å². The van der Waals surface area contributed by atoms with Crippen LogP contribution in [0.25, 0.3) is 16.7 Å². The van der Waals surface area contributed by atoms with Gasteiger partial charge in [-0.05, 0) is 53.9 Å². The summed E-state index contributed by atoms with van der Waals surface area (Å²) >= 11 is 0. The summed E-state index contributed by atoms with van der Waals surface area (Å²) in [6.45, 7) is 3.18. The summed E-state index contributed by atoms with van der Waals surface area (Å²) in [6, 6.07) is 30.5. The lowest BCUT2D eigenvalue weighted by molar-refractivity contribution is -0.132. The smallest absolute Gasteiger partial charge is 0.223 e. The molecule has 0 saturated heterocycles. The molecule has 0 aliphatic heterocycles. The SMILES string of the molecule is Cc1ccccc1CN(Cc1cccnc1)C(=O)CCc1nc2ccccc2n1-c1ccccc1. The van der Waals surface area contributed by atoms with Crippen molar-refractivity contribution in [2.45, 2.75) is 32.9 Å². The highest BCUT2D eigenvalue weighted by Gasteiger charge is 2.19. The van der Waals surface area contributed by atoms with Crippen LogP contribution in [0.15, 0.2) is 103 Å². The molecule has 0 unspecified atom stereocenters. The second-order valence-electron chi connectivity index (χ2n) is 8.73. The lowest BCUT2D eigenvalue weighted by Gasteiger charge is -2.24. The Morgan fingerprint density at radius 2 is 1.63 bits per heavy atom. The fraction of sp³-hybridized carbons (Fsp3) is 0.167. The summed E-state index contributed by atoms with van der Waals surface area (Å²) in [5.41, 5.74) is 6.39. The first kappa shape index (κ1) is 22.5. The van der Waals surface area contributed by atoms with Crippen molar-refractivity contribution in [1.29, 1.82) is 0 Å². The van der Waals surface area contributed by atoms with Crippen LogP contribution in [-0.4, -0.2) is 25.3 Å². The highest BCUT2D eigenvalue weighted by atomic mass is 16.2. The number of hydrogen-bond acceptors (Lipinski definition) is 3. The minimum absolute atomic E-state index is 0.101. The van der Waals surface area contributed by atoms with Gasteiger partial charge in [0.25, 0.3) is 0 Å². The standard InChI is InChI=1S/C30H28N4O/c1-23-10-5-6-12-25(23)22-33(21-24-11-9-19-31-20-24)30(35)18-17-29-32-27-15-7-8-16-28(27)34(29)26-13-3-2-4-14-26/h2-16,19-20H,17-18,21-22H2,1H3. The Kier molecular flexibility index (Phi) is 6.66. The predicted molar refractivity (Wildman–Crippen MR) is 139 cm³/mol. The molecule has 0 fully saturated rings. The highest BCUT2D eigenvalue weighted by Crippen LogP contribution is 2.23. The Bertz CT molecular complexity index is 1430. The summed E-state index contributed by atoms with van der Waals surface area (Å²) in [5.74, 6) is 0.992. The van der Waals surface area contributed by atoms with Gasteiger partial charge >= 0.3 is 0 Å². The second-order valence-corrected chi connectivity index (χ2v) is 8.73.